The van der Waals surface area contributed by atoms with Gasteiger partial charge in [0.05, 0.1) is 16.8 Å². The minimum absolute atomic E-state index is 0.168. The molecule has 9 nitrogen and oxygen atoms in total. The lowest BCUT2D eigenvalue weighted by atomic mass is 10.1. The zero-order valence-electron chi connectivity index (χ0n) is 21.7. The normalized spacial score (nSPS) is 11.5. The van der Waals surface area contributed by atoms with Crippen LogP contribution < -0.4 is 15.6 Å². The molecule has 1 aromatic carbocycles. The van der Waals surface area contributed by atoms with Crippen LogP contribution in [0.5, 0.6) is 5.75 Å². The molecule has 2 aromatic heterocycles. The van der Waals surface area contributed by atoms with Gasteiger partial charge in [-0.1, -0.05) is 32.0 Å². The highest BCUT2D eigenvalue weighted by atomic mass is 32.1. The van der Waals surface area contributed by atoms with Crippen LogP contribution >= 0.6 is 11.3 Å². The Morgan fingerprint density at radius 1 is 1.13 bits per heavy atom. The fourth-order valence-corrected chi connectivity index (χ4v) is 4.80. The van der Waals surface area contributed by atoms with Crippen molar-refractivity contribution in [3.63, 3.8) is 0 Å². The Morgan fingerprint density at radius 3 is 2.34 bits per heavy atom. The Bertz CT molecular complexity index is 1300. The van der Waals surface area contributed by atoms with E-state index < -0.39 is 12.1 Å². The quantitative estimate of drug-likeness (QED) is 0.343. The van der Waals surface area contributed by atoms with Gasteiger partial charge in [-0.05, 0) is 26.1 Å². The molecular weight excluding hydrogens is 527 g/mol. The molecular formula is C25H32F3N3O6S. The second kappa shape index (κ2) is 14.1. The van der Waals surface area contributed by atoms with Gasteiger partial charge in [0.1, 0.15) is 16.9 Å². The number of likely N-dealkylation sites (N-methyl/N-ethyl adjacent to an activating group) is 1. The number of hydrogen-bond acceptors (Lipinski definition) is 7. The van der Waals surface area contributed by atoms with E-state index in [4.69, 9.17) is 19.4 Å². The summed E-state index contributed by atoms with van der Waals surface area (Å²) in [6.07, 6.45) is -5.08. The second-order valence-electron chi connectivity index (χ2n) is 7.98. The lowest BCUT2D eigenvalue weighted by molar-refractivity contribution is -0.192. The number of carbonyl (C=O) groups excluding carboxylic acids is 1. The molecule has 0 unspecified atom stereocenters. The van der Waals surface area contributed by atoms with E-state index in [-0.39, 0.29) is 18.1 Å². The molecule has 2 N–H and O–H groups in total. The number of alkyl halides is 3. The second-order valence-corrected chi connectivity index (χ2v) is 9.00. The molecule has 0 spiro atoms. The third-order valence-corrected chi connectivity index (χ3v) is 6.83. The van der Waals surface area contributed by atoms with Crippen molar-refractivity contribution in [3.8, 4) is 5.75 Å². The number of pyridine rings is 1. The van der Waals surface area contributed by atoms with Gasteiger partial charge >= 0.3 is 12.1 Å². The third kappa shape index (κ3) is 7.68. The van der Waals surface area contributed by atoms with E-state index in [1.807, 2.05) is 31.2 Å². The molecule has 38 heavy (non-hydrogen) atoms. The largest absolute Gasteiger partial charge is 0.490 e. The van der Waals surface area contributed by atoms with Crippen molar-refractivity contribution >= 4 is 44.2 Å². The Morgan fingerprint density at radius 2 is 1.76 bits per heavy atom. The molecule has 0 bridgehead atoms. The first-order valence-electron chi connectivity index (χ1n) is 12.0. The van der Waals surface area contributed by atoms with Gasteiger partial charge in [-0.2, -0.15) is 13.2 Å². The van der Waals surface area contributed by atoms with E-state index in [0.29, 0.717) is 35.8 Å². The van der Waals surface area contributed by atoms with Gasteiger partial charge in [0, 0.05) is 32.1 Å². The molecule has 0 aliphatic rings. The van der Waals surface area contributed by atoms with Crippen molar-refractivity contribution in [2.45, 2.75) is 26.9 Å². The Kier molecular flexibility index (Phi) is 11.5. The van der Waals surface area contributed by atoms with Crippen molar-refractivity contribution in [2.75, 3.05) is 46.0 Å². The molecule has 2 heterocycles. The molecule has 0 aliphatic heterocycles. The first-order valence-corrected chi connectivity index (χ1v) is 12.8. The zero-order valence-corrected chi connectivity index (χ0v) is 22.5. The van der Waals surface area contributed by atoms with Crippen molar-refractivity contribution in [1.82, 2.24) is 14.8 Å². The number of benzene rings is 1. The van der Waals surface area contributed by atoms with Crippen LogP contribution in [0.1, 0.15) is 30.4 Å². The van der Waals surface area contributed by atoms with Crippen molar-refractivity contribution in [3.05, 3.63) is 39.5 Å². The van der Waals surface area contributed by atoms with Gasteiger partial charge in [0.15, 0.2) is 5.75 Å². The fourth-order valence-electron chi connectivity index (χ4n) is 3.62. The van der Waals surface area contributed by atoms with Crippen LogP contribution in [0.3, 0.4) is 0 Å². The molecule has 0 saturated carbocycles. The van der Waals surface area contributed by atoms with Crippen molar-refractivity contribution in [1.29, 1.82) is 0 Å². The van der Waals surface area contributed by atoms with E-state index in [1.165, 1.54) is 11.3 Å². The number of para-hydroxylation sites is 1. The highest BCUT2D eigenvalue weighted by Crippen LogP contribution is 2.39. The van der Waals surface area contributed by atoms with Crippen LogP contribution in [0.2, 0.25) is 0 Å². The average Bonchev–Trinajstić information content (AvgIpc) is 3.27. The summed E-state index contributed by atoms with van der Waals surface area (Å²) in [6.45, 7) is 10.5. The summed E-state index contributed by atoms with van der Waals surface area (Å²) in [5, 5.41) is 11.5. The number of carbonyl (C=O) groups is 2. The molecule has 3 rings (SSSR count). The van der Waals surface area contributed by atoms with E-state index in [1.54, 1.807) is 11.6 Å². The maximum absolute atomic E-state index is 13.2. The monoisotopic (exact) mass is 559 g/mol. The maximum Gasteiger partial charge on any atom is 0.490 e. The number of halogens is 3. The standard InChI is InChI=1S/C23H31N3O4S.C2HF3O2/c1-5-26(6-2)13-12-24-22(27)21-19(30-15-14-29-7-3)18-20(31-21)16-10-8-9-11-17(16)25(4)23(18)28;3-2(4,5)1(6)7/h8-11H,5-7,12-15H2,1-4H3,(H,24,27);(H,6,7). The number of fused-ring (bicyclic) bond motifs is 3. The first-order chi connectivity index (χ1) is 18.0. The molecule has 0 aliphatic carbocycles. The summed E-state index contributed by atoms with van der Waals surface area (Å²) in [7, 11) is 1.75. The predicted molar refractivity (Wildman–Crippen MR) is 140 cm³/mol. The van der Waals surface area contributed by atoms with Gasteiger partial charge in [-0.15, -0.1) is 11.3 Å². The maximum atomic E-state index is 13.2. The lowest BCUT2D eigenvalue weighted by Crippen LogP contribution is -2.34. The molecule has 1 amide bonds. The van der Waals surface area contributed by atoms with Gasteiger partial charge in [-0.3, -0.25) is 9.59 Å². The fraction of sp³-hybridized carbons (Fsp3) is 0.480. The summed E-state index contributed by atoms with van der Waals surface area (Å²) in [5.74, 6) is -2.62. The minimum atomic E-state index is -5.08. The predicted octanol–water partition coefficient (Wildman–Crippen LogP) is 3.87. The number of carboxylic acid groups (broad SMARTS) is 1. The number of nitrogens with one attached hydrogen (secondary N) is 1. The summed E-state index contributed by atoms with van der Waals surface area (Å²) < 4.78 is 45.5. The lowest BCUT2D eigenvalue weighted by Gasteiger charge is -2.17. The SMILES string of the molecule is CCOCCOc1c(C(=O)NCCN(CC)CC)sc2c1c(=O)n(C)c1ccccc21.O=C(O)C(F)(F)F. The topological polar surface area (TPSA) is 110 Å². The van der Waals surface area contributed by atoms with Crippen LogP contribution in [0.4, 0.5) is 13.2 Å². The van der Waals surface area contributed by atoms with E-state index in [0.717, 1.165) is 35.2 Å². The van der Waals surface area contributed by atoms with E-state index >= 15 is 0 Å². The molecule has 3 aromatic rings. The number of rotatable bonds is 11. The number of hydrogen-bond donors (Lipinski definition) is 2. The number of aromatic nitrogens is 1. The molecule has 0 atom stereocenters. The molecule has 0 saturated heterocycles. The van der Waals surface area contributed by atoms with Crippen LogP contribution in [0.15, 0.2) is 29.1 Å². The van der Waals surface area contributed by atoms with Crippen LogP contribution in [-0.2, 0) is 16.6 Å². The number of aryl methyl sites for hydroxylation is 1. The minimum Gasteiger partial charge on any atom is -0.489 e. The summed E-state index contributed by atoms with van der Waals surface area (Å²) >= 11 is 1.31. The number of nitrogens with zero attached hydrogens (tertiary/aromatic N) is 2. The molecule has 0 fully saturated rings. The van der Waals surface area contributed by atoms with Gasteiger partial charge < -0.3 is 29.4 Å². The zero-order chi connectivity index (χ0) is 28.5. The number of carboxylic acids is 1. The summed E-state index contributed by atoms with van der Waals surface area (Å²) in [5.41, 5.74) is 0.661. The third-order valence-electron chi connectivity index (χ3n) is 5.63. The van der Waals surface area contributed by atoms with Crippen molar-refractivity contribution < 1.29 is 37.3 Å². The summed E-state index contributed by atoms with van der Waals surface area (Å²) in [6, 6.07) is 7.72. The van der Waals surface area contributed by atoms with Crippen LogP contribution in [0.25, 0.3) is 21.0 Å². The summed E-state index contributed by atoms with van der Waals surface area (Å²) in [4.78, 5) is 37.8. The Labute approximate surface area is 221 Å². The molecule has 0 radical (unpaired) electrons. The highest BCUT2D eigenvalue weighted by Gasteiger charge is 2.38. The highest BCUT2D eigenvalue weighted by molar-refractivity contribution is 7.22. The smallest absolute Gasteiger partial charge is 0.489 e. The van der Waals surface area contributed by atoms with Gasteiger partial charge in [-0.25, -0.2) is 4.79 Å². The first kappa shape index (κ1) is 31.1. The van der Waals surface area contributed by atoms with Gasteiger partial charge in [0.2, 0.25) is 0 Å². The molecule has 210 valence electrons. The van der Waals surface area contributed by atoms with Crippen LogP contribution in [-0.4, -0.2) is 78.6 Å². The van der Waals surface area contributed by atoms with E-state index in [9.17, 15) is 22.8 Å². The number of aliphatic carboxylic acids is 1. The Balaban J connectivity index is 0.000000638. The number of amides is 1. The Hall–Kier alpha value is -3.16. The van der Waals surface area contributed by atoms with Crippen LogP contribution in [0, 0.1) is 0 Å². The van der Waals surface area contributed by atoms with E-state index in [2.05, 4.69) is 24.1 Å². The number of thiophene rings is 1. The average molecular weight is 560 g/mol. The van der Waals surface area contributed by atoms with Crippen molar-refractivity contribution in [2.24, 2.45) is 7.05 Å². The number of ether oxygens (including phenoxy) is 2. The van der Waals surface area contributed by atoms with Gasteiger partial charge in [0.25, 0.3) is 11.5 Å². The molecule has 13 heteroatoms.